The smallest absolute Gasteiger partial charge is 0.187 e. The summed E-state index contributed by atoms with van der Waals surface area (Å²) in [6, 6.07) is 0. The van der Waals surface area contributed by atoms with Gasteiger partial charge >= 0.3 is 0 Å². The van der Waals surface area contributed by atoms with Crippen molar-refractivity contribution in [3.05, 3.63) is 11.6 Å². The summed E-state index contributed by atoms with van der Waals surface area (Å²) in [5.74, 6) is 0.236. The first kappa shape index (κ1) is 35.7. The van der Waals surface area contributed by atoms with Crippen molar-refractivity contribution >= 4 is 0 Å². The maximum Gasteiger partial charge on any atom is 0.187 e. The van der Waals surface area contributed by atoms with Crippen molar-refractivity contribution in [3.63, 3.8) is 0 Å². The summed E-state index contributed by atoms with van der Waals surface area (Å²) in [7, 11) is 0. The van der Waals surface area contributed by atoms with Gasteiger partial charge in [-0.05, 0) is 117 Å². The van der Waals surface area contributed by atoms with E-state index in [1.54, 1.807) is 0 Å². The van der Waals surface area contributed by atoms with Crippen molar-refractivity contribution in [1.82, 2.24) is 0 Å². The number of aliphatic hydroxyl groups excluding tert-OH is 7. The second kappa shape index (κ2) is 12.1. The average Bonchev–Trinajstić information content (AvgIpc) is 3.34. The molecule has 1 aliphatic heterocycles. The van der Waals surface area contributed by atoms with E-state index in [1.165, 1.54) is 5.57 Å². The molecule has 4 aliphatic carbocycles. The summed E-state index contributed by atoms with van der Waals surface area (Å²) >= 11 is 0. The molecule has 0 aromatic carbocycles. The topological polar surface area (TPSA) is 160 Å². The fraction of sp³-hybridized carbons (Fsp3) is 0.944. The van der Waals surface area contributed by atoms with E-state index >= 15 is 0 Å². The van der Waals surface area contributed by atoms with Crippen LogP contribution in [0.25, 0.3) is 0 Å². The predicted molar refractivity (Wildman–Crippen MR) is 170 cm³/mol. The van der Waals surface area contributed by atoms with Crippen molar-refractivity contribution in [2.24, 2.45) is 45.3 Å². The molecule has 5 fully saturated rings. The molecule has 0 spiro atoms. The van der Waals surface area contributed by atoms with E-state index in [4.69, 9.17) is 9.47 Å². The van der Waals surface area contributed by atoms with Gasteiger partial charge in [-0.15, -0.1) is 0 Å². The largest absolute Gasteiger partial charge is 0.394 e. The second-order valence-corrected chi connectivity index (χ2v) is 17.4. The lowest BCUT2D eigenvalue weighted by atomic mass is 9.35. The Labute approximate surface area is 270 Å². The van der Waals surface area contributed by atoms with Crippen LogP contribution in [0.4, 0.5) is 0 Å². The van der Waals surface area contributed by atoms with Gasteiger partial charge in [0.2, 0.25) is 0 Å². The van der Waals surface area contributed by atoms with E-state index in [1.807, 2.05) is 20.8 Å². The number of hydrogen-bond donors (Lipinski definition) is 7. The molecule has 9 heteroatoms. The van der Waals surface area contributed by atoms with E-state index in [2.05, 4.69) is 40.7 Å². The molecule has 1 heterocycles. The number of aliphatic hydroxyl groups is 7. The first-order chi connectivity index (χ1) is 20.8. The zero-order valence-corrected chi connectivity index (χ0v) is 28.8. The summed E-state index contributed by atoms with van der Waals surface area (Å²) < 4.78 is 12.6. The zero-order valence-electron chi connectivity index (χ0n) is 28.8. The van der Waals surface area contributed by atoms with Crippen LogP contribution in [0.3, 0.4) is 0 Å². The van der Waals surface area contributed by atoms with Crippen molar-refractivity contribution in [3.8, 4) is 0 Å². The first-order valence-electron chi connectivity index (χ1n) is 17.4. The first-order valence-corrected chi connectivity index (χ1v) is 17.4. The van der Waals surface area contributed by atoms with Crippen molar-refractivity contribution in [1.29, 1.82) is 0 Å². The van der Waals surface area contributed by atoms with E-state index in [0.717, 1.165) is 32.1 Å². The maximum absolute atomic E-state index is 12.2. The molecule has 7 N–H and O–H groups in total. The van der Waals surface area contributed by atoms with Gasteiger partial charge in [-0.3, -0.25) is 0 Å². The molecule has 0 aromatic heterocycles. The average molecular weight is 639 g/mol. The Morgan fingerprint density at radius 1 is 0.867 bits per heavy atom. The molecule has 2 unspecified atom stereocenters. The van der Waals surface area contributed by atoms with Crippen molar-refractivity contribution in [2.75, 3.05) is 6.61 Å². The Morgan fingerprint density at radius 3 is 2.13 bits per heavy atom. The molecular formula is C36H62O9. The van der Waals surface area contributed by atoms with E-state index in [0.29, 0.717) is 19.3 Å². The van der Waals surface area contributed by atoms with Gasteiger partial charge in [0.25, 0.3) is 0 Å². The van der Waals surface area contributed by atoms with E-state index in [-0.39, 0.29) is 39.9 Å². The van der Waals surface area contributed by atoms with Gasteiger partial charge in [0, 0.05) is 0 Å². The van der Waals surface area contributed by atoms with Crippen LogP contribution >= 0.6 is 0 Å². The Balaban J connectivity index is 1.50. The van der Waals surface area contributed by atoms with Gasteiger partial charge in [-0.1, -0.05) is 46.3 Å². The number of fused-ring (bicyclic) bond motifs is 5. The summed E-state index contributed by atoms with van der Waals surface area (Å²) in [4.78, 5) is 0. The standard InChI is InChI=1S/C36H62O9/c1-19(2)10-9-13-36(8,45-31-29(42)28(41)27(40)23(18-37)44-31)20-11-14-35(7)26(20)21(38)16-25-33(5)17-22(39)30(43)32(3,4)24(33)12-15-34(25,35)6/h10,20-31,37-43H,9,11-18H2,1-8H3/t20-,21+,22+,23+,24-,25?,26?,27+,28-,29+,30-,31-,33-,34+,35+,36-/m0/s1. The van der Waals surface area contributed by atoms with Crippen LogP contribution in [0.1, 0.15) is 107 Å². The molecule has 5 rings (SSSR count). The molecule has 45 heavy (non-hydrogen) atoms. The monoisotopic (exact) mass is 638 g/mol. The van der Waals surface area contributed by atoms with Crippen LogP contribution in [0.5, 0.6) is 0 Å². The quantitative estimate of drug-likeness (QED) is 0.208. The molecule has 0 amide bonds. The predicted octanol–water partition coefficient (Wildman–Crippen LogP) is 3.30. The Kier molecular flexibility index (Phi) is 9.56. The van der Waals surface area contributed by atoms with E-state index < -0.39 is 66.6 Å². The van der Waals surface area contributed by atoms with Gasteiger partial charge in [-0.25, -0.2) is 0 Å². The minimum absolute atomic E-state index is 0.0751. The highest BCUT2D eigenvalue weighted by atomic mass is 16.7. The third-order valence-corrected chi connectivity index (χ3v) is 14.5. The molecular weight excluding hydrogens is 576 g/mol. The van der Waals surface area contributed by atoms with Crippen molar-refractivity contribution < 1.29 is 45.2 Å². The normalized spacial score (nSPS) is 52.2. The summed E-state index contributed by atoms with van der Waals surface area (Å²) in [5, 5.41) is 76.1. The lowest BCUT2D eigenvalue weighted by Gasteiger charge is -2.71. The molecule has 1 saturated heterocycles. The molecule has 0 radical (unpaired) electrons. The fourth-order valence-corrected chi connectivity index (χ4v) is 12.0. The molecule has 0 bridgehead atoms. The Morgan fingerprint density at radius 2 is 1.51 bits per heavy atom. The Bertz CT molecular complexity index is 1110. The molecule has 4 saturated carbocycles. The van der Waals surface area contributed by atoms with Gasteiger partial charge in [-0.2, -0.15) is 0 Å². The van der Waals surface area contributed by atoms with Gasteiger partial charge in [0.15, 0.2) is 6.29 Å². The third kappa shape index (κ3) is 5.39. The molecule has 0 aromatic rings. The van der Waals surface area contributed by atoms with Crippen molar-refractivity contribution in [2.45, 2.75) is 161 Å². The molecule has 9 nitrogen and oxygen atoms in total. The van der Waals surface area contributed by atoms with Crippen LogP contribution in [0.15, 0.2) is 11.6 Å². The maximum atomic E-state index is 12.2. The lowest BCUT2D eigenvalue weighted by Crippen LogP contribution is -2.68. The number of allylic oxidation sites excluding steroid dienone is 2. The van der Waals surface area contributed by atoms with Crippen LogP contribution in [-0.4, -0.2) is 97.0 Å². The lowest BCUT2D eigenvalue weighted by molar-refractivity contribution is -0.336. The SMILES string of the molecule is CC(C)=CCC[C@](C)(O[C@@H]1O[C@H](CO)[C@@H](O)[C@H](O)[C@H]1O)[C@H]1CC[C@]2(C)C1[C@H](O)CC1[C@@]3(C)C[C@@H](O)[C@H](O)C(C)(C)[C@@H]3CC[C@]12C. The summed E-state index contributed by atoms with van der Waals surface area (Å²) in [6.45, 7) is 16.8. The minimum Gasteiger partial charge on any atom is -0.394 e. The van der Waals surface area contributed by atoms with Gasteiger partial charge in [0.05, 0.1) is 30.5 Å². The third-order valence-electron chi connectivity index (χ3n) is 14.5. The van der Waals surface area contributed by atoms with Crippen LogP contribution in [-0.2, 0) is 9.47 Å². The molecule has 260 valence electrons. The van der Waals surface area contributed by atoms with Crippen LogP contribution in [0.2, 0.25) is 0 Å². The fourth-order valence-electron chi connectivity index (χ4n) is 12.0. The molecule has 5 aliphatic rings. The summed E-state index contributed by atoms with van der Waals surface area (Å²) in [5.41, 5.74) is -0.670. The van der Waals surface area contributed by atoms with Gasteiger partial charge < -0.3 is 45.2 Å². The second-order valence-electron chi connectivity index (χ2n) is 17.4. The summed E-state index contributed by atoms with van der Waals surface area (Å²) in [6.07, 6.45) is -0.682. The molecule has 16 atom stereocenters. The highest BCUT2D eigenvalue weighted by Crippen LogP contribution is 2.76. The van der Waals surface area contributed by atoms with Crippen LogP contribution < -0.4 is 0 Å². The highest BCUT2D eigenvalue weighted by Gasteiger charge is 2.72. The van der Waals surface area contributed by atoms with E-state index in [9.17, 15) is 35.7 Å². The zero-order chi connectivity index (χ0) is 33.5. The van der Waals surface area contributed by atoms with Crippen LogP contribution in [0, 0.1) is 45.3 Å². The number of hydrogen-bond acceptors (Lipinski definition) is 9. The number of ether oxygens (including phenoxy) is 2. The van der Waals surface area contributed by atoms with Gasteiger partial charge in [0.1, 0.15) is 24.4 Å². The highest BCUT2D eigenvalue weighted by molar-refractivity contribution is 5.21. The minimum atomic E-state index is -1.53. The number of rotatable bonds is 7. The Hall–Kier alpha value is -0.620.